The van der Waals surface area contributed by atoms with E-state index in [2.05, 4.69) is 21.2 Å². The molecule has 0 aromatic heterocycles. The highest BCUT2D eigenvalue weighted by Gasteiger charge is 2.25. The number of benzene rings is 1. The first-order valence-electron chi connectivity index (χ1n) is 6.76. The Morgan fingerprint density at radius 1 is 1.29 bits per heavy atom. The number of carboxylic acids is 1. The van der Waals surface area contributed by atoms with Gasteiger partial charge in [0.05, 0.1) is 0 Å². The Kier molecular flexibility index (Phi) is 6.84. The Morgan fingerprint density at radius 3 is 2.43 bits per heavy atom. The third kappa shape index (κ3) is 5.85. The SMILES string of the molecule is CC(C)C[C@H](O)C(=O)N[C@H](Cc1ccccc1Br)C(=O)O. The van der Waals surface area contributed by atoms with Gasteiger partial charge in [0, 0.05) is 10.9 Å². The molecular weight excluding hydrogens is 338 g/mol. The number of hydrogen-bond donors (Lipinski definition) is 3. The molecule has 1 amide bonds. The highest BCUT2D eigenvalue weighted by Crippen LogP contribution is 2.17. The number of halogens is 1. The lowest BCUT2D eigenvalue weighted by Crippen LogP contribution is -2.47. The number of carbonyl (C=O) groups excluding carboxylic acids is 1. The van der Waals surface area contributed by atoms with Crippen LogP contribution in [0.4, 0.5) is 0 Å². The number of aliphatic hydroxyl groups is 1. The van der Waals surface area contributed by atoms with Crippen molar-refractivity contribution in [2.75, 3.05) is 0 Å². The zero-order valence-electron chi connectivity index (χ0n) is 12.0. The maximum Gasteiger partial charge on any atom is 0.326 e. The van der Waals surface area contributed by atoms with E-state index < -0.39 is 24.0 Å². The molecule has 1 aromatic rings. The number of carbonyl (C=O) groups is 2. The van der Waals surface area contributed by atoms with E-state index in [1.807, 2.05) is 26.0 Å². The van der Waals surface area contributed by atoms with E-state index in [9.17, 15) is 19.8 Å². The topological polar surface area (TPSA) is 86.6 Å². The lowest BCUT2D eigenvalue weighted by Gasteiger charge is -2.18. The van der Waals surface area contributed by atoms with Crippen LogP contribution in [0.1, 0.15) is 25.8 Å². The average Bonchev–Trinajstić information content (AvgIpc) is 2.39. The number of rotatable bonds is 7. The third-order valence-corrected chi connectivity index (χ3v) is 3.77. The molecule has 0 saturated heterocycles. The molecule has 2 atom stereocenters. The predicted molar refractivity (Wildman–Crippen MR) is 82.9 cm³/mol. The van der Waals surface area contributed by atoms with Gasteiger partial charge in [0.2, 0.25) is 5.91 Å². The van der Waals surface area contributed by atoms with Gasteiger partial charge < -0.3 is 15.5 Å². The highest BCUT2D eigenvalue weighted by molar-refractivity contribution is 9.10. The van der Waals surface area contributed by atoms with Gasteiger partial charge in [-0.05, 0) is 24.0 Å². The molecule has 0 heterocycles. The number of aliphatic hydroxyl groups excluding tert-OH is 1. The molecule has 116 valence electrons. The molecule has 0 aliphatic heterocycles. The Labute approximate surface area is 132 Å². The Hall–Kier alpha value is -1.40. The van der Waals surface area contributed by atoms with E-state index in [1.165, 1.54) is 0 Å². The Balaban J connectivity index is 2.73. The molecule has 6 heteroatoms. The second kappa shape index (κ2) is 8.14. The van der Waals surface area contributed by atoms with Crippen LogP contribution in [0.5, 0.6) is 0 Å². The molecule has 1 rings (SSSR count). The molecule has 1 aromatic carbocycles. The number of carboxylic acid groups (broad SMARTS) is 1. The molecule has 0 radical (unpaired) electrons. The van der Waals surface area contributed by atoms with Crippen molar-refractivity contribution < 1.29 is 19.8 Å². The maximum absolute atomic E-state index is 11.8. The van der Waals surface area contributed by atoms with Crippen molar-refractivity contribution in [2.24, 2.45) is 5.92 Å². The predicted octanol–water partition coefficient (Wildman–Crippen LogP) is 1.97. The summed E-state index contributed by atoms with van der Waals surface area (Å²) in [5.41, 5.74) is 0.781. The van der Waals surface area contributed by atoms with Crippen LogP contribution in [0.25, 0.3) is 0 Å². The standard InChI is InChI=1S/C15H20BrNO4/c1-9(2)7-13(18)14(19)17-12(15(20)21)8-10-5-3-4-6-11(10)16/h3-6,9,12-13,18H,7-8H2,1-2H3,(H,17,19)(H,20,21)/t12-,13+/m1/s1. The summed E-state index contributed by atoms with van der Waals surface area (Å²) < 4.78 is 0.785. The van der Waals surface area contributed by atoms with Crippen molar-refractivity contribution in [3.63, 3.8) is 0 Å². The first kappa shape index (κ1) is 17.7. The lowest BCUT2D eigenvalue weighted by atomic mass is 10.0. The van der Waals surface area contributed by atoms with Crippen molar-refractivity contribution in [3.8, 4) is 0 Å². The second-order valence-corrected chi connectivity index (χ2v) is 6.19. The molecule has 0 fully saturated rings. The van der Waals surface area contributed by atoms with Crippen molar-refractivity contribution in [2.45, 2.75) is 38.8 Å². The molecule has 21 heavy (non-hydrogen) atoms. The van der Waals surface area contributed by atoms with E-state index in [0.29, 0.717) is 6.42 Å². The van der Waals surface area contributed by atoms with E-state index >= 15 is 0 Å². The zero-order chi connectivity index (χ0) is 16.0. The van der Waals surface area contributed by atoms with E-state index in [1.54, 1.807) is 12.1 Å². The first-order valence-corrected chi connectivity index (χ1v) is 7.55. The van der Waals surface area contributed by atoms with Crippen molar-refractivity contribution in [3.05, 3.63) is 34.3 Å². The number of hydrogen-bond acceptors (Lipinski definition) is 3. The summed E-state index contributed by atoms with van der Waals surface area (Å²) in [7, 11) is 0. The van der Waals surface area contributed by atoms with Crippen LogP contribution >= 0.6 is 15.9 Å². The van der Waals surface area contributed by atoms with Gasteiger partial charge in [0.1, 0.15) is 12.1 Å². The fourth-order valence-electron chi connectivity index (χ4n) is 1.91. The molecule has 0 spiro atoms. The largest absolute Gasteiger partial charge is 0.480 e. The third-order valence-electron chi connectivity index (χ3n) is 2.99. The van der Waals surface area contributed by atoms with Gasteiger partial charge in [-0.25, -0.2) is 4.79 Å². The van der Waals surface area contributed by atoms with Gasteiger partial charge in [-0.15, -0.1) is 0 Å². The minimum absolute atomic E-state index is 0.150. The van der Waals surface area contributed by atoms with Crippen LogP contribution in [0.2, 0.25) is 0 Å². The summed E-state index contributed by atoms with van der Waals surface area (Å²) in [5.74, 6) is -1.63. The monoisotopic (exact) mass is 357 g/mol. The van der Waals surface area contributed by atoms with Crippen LogP contribution < -0.4 is 5.32 Å². The number of aliphatic carboxylic acids is 1. The maximum atomic E-state index is 11.8. The first-order chi connectivity index (χ1) is 9.81. The van der Waals surface area contributed by atoms with Gasteiger partial charge in [-0.3, -0.25) is 4.79 Å². The molecule has 5 nitrogen and oxygen atoms in total. The zero-order valence-corrected chi connectivity index (χ0v) is 13.6. The molecule has 0 aliphatic carbocycles. The van der Waals surface area contributed by atoms with Crippen LogP contribution in [-0.4, -0.2) is 34.2 Å². The molecule has 0 aliphatic rings. The van der Waals surface area contributed by atoms with Crippen molar-refractivity contribution in [1.82, 2.24) is 5.32 Å². The second-order valence-electron chi connectivity index (χ2n) is 5.34. The summed E-state index contributed by atoms with van der Waals surface area (Å²) in [6.45, 7) is 3.76. The van der Waals surface area contributed by atoms with Gasteiger partial charge >= 0.3 is 5.97 Å². The van der Waals surface area contributed by atoms with Gasteiger partial charge in [-0.2, -0.15) is 0 Å². The smallest absolute Gasteiger partial charge is 0.326 e. The quantitative estimate of drug-likeness (QED) is 0.696. The minimum atomic E-state index is -1.19. The van der Waals surface area contributed by atoms with Gasteiger partial charge in [0.15, 0.2) is 0 Å². The van der Waals surface area contributed by atoms with E-state index in [-0.39, 0.29) is 12.3 Å². The fourth-order valence-corrected chi connectivity index (χ4v) is 2.35. The highest BCUT2D eigenvalue weighted by atomic mass is 79.9. The van der Waals surface area contributed by atoms with E-state index in [4.69, 9.17) is 0 Å². The average molecular weight is 358 g/mol. The summed E-state index contributed by atoms with van der Waals surface area (Å²) in [6, 6.07) is 6.15. The van der Waals surface area contributed by atoms with E-state index in [0.717, 1.165) is 10.0 Å². The summed E-state index contributed by atoms with van der Waals surface area (Å²) >= 11 is 3.35. The van der Waals surface area contributed by atoms with Crippen molar-refractivity contribution in [1.29, 1.82) is 0 Å². The van der Waals surface area contributed by atoms with Crippen LogP contribution in [-0.2, 0) is 16.0 Å². The van der Waals surface area contributed by atoms with Gasteiger partial charge in [0.25, 0.3) is 0 Å². The number of amides is 1. The summed E-state index contributed by atoms with van der Waals surface area (Å²) in [5, 5.41) is 21.3. The van der Waals surface area contributed by atoms with Crippen LogP contribution in [0, 0.1) is 5.92 Å². The molecule has 0 bridgehead atoms. The molecule has 3 N–H and O–H groups in total. The lowest BCUT2D eigenvalue weighted by molar-refractivity contribution is -0.143. The van der Waals surface area contributed by atoms with Crippen LogP contribution in [0.3, 0.4) is 0 Å². The fraction of sp³-hybridized carbons (Fsp3) is 0.467. The molecule has 0 unspecified atom stereocenters. The Morgan fingerprint density at radius 2 is 1.90 bits per heavy atom. The summed E-state index contributed by atoms with van der Waals surface area (Å²) in [4.78, 5) is 23.1. The van der Waals surface area contributed by atoms with Crippen molar-refractivity contribution >= 4 is 27.8 Å². The Bertz CT molecular complexity index is 504. The molecular formula is C15H20BrNO4. The van der Waals surface area contributed by atoms with Crippen LogP contribution in [0.15, 0.2) is 28.7 Å². The number of nitrogens with one attached hydrogen (secondary N) is 1. The summed E-state index contributed by atoms with van der Waals surface area (Å²) in [6.07, 6.45) is -0.740. The normalized spacial score (nSPS) is 13.8. The minimum Gasteiger partial charge on any atom is -0.480 e. The van der Waals surface area contributed by atoms with Gasteiger partial charge in [-0.1, -0.05) is 48.0 Å². The molecule has 0 saturated carbocycles.